The van der Waals surface area contributed by atoms with E-state index < -0.39 is 0 Å². The Labute approximate surface area is 47.9 Å². The fourth-order valence-corrected chi connectivity index (χ4v) is 0.481. The number of rotatable bonds is 0. The highest BCUT2D eigenvalue weighted by atomic mass is 16.1. The van der Waals surface area contributed by atoms with Crippen molar-refractivity contribution >= 4 is 12.0 Å². The first kappa shape index (κ1) is 5.22. The second-order valence-electron chi connectivity index (χ2n) is 1.61. The van der Waals surface area contributed by atoms with Gasteiger partial charge in [-0.05, 0) is 6.92 Å². The van der Waals surface area contributed by atoms with Gasteiger partial charge >= 0.3 is 0 Å². The Hall–Kier alpha value is -0.920. The highest BCUT2D eigenvalue weighted by Crippen LogP contribution is 2.01. The SMILES string of the molecule is [CH2]C1=CN=CCC1=O. The Morgan fingerprint density at radius 2 is 2.50 bits per heavy atom. The first-order valence-corrected chi connectivity index (χ1v) is 2.37. The summed E-state index contributed by atoms with van der Waals surface area (Å²) in [6.45, 7) is 3.48. The van der Waals surface area contributed by atoms with Crippen LogP contribution in [0.3, 0.4) is 0 Å². The van der Waals surface area contributed by atoms with Gasteiger partial charge in [-0.3, -0.25) is 9.79 Å². The van der Waals surface area contributed by atoms with Gasteiger partial charge in [0.05, 0.1) is 0 Å². The van der Waals surface area contributed by atoms with Gasteiger partial charge < -0.3 is 0 Å². The average molecular weight is 108 g/mol. The molecule has 0 unspecified atom stereocenters. The van der Waals surface area contributed by atoms with Crippen LogP contribution in [0.2, 0.25) is 0 Å². The van der Waals surface area contributed by atoms with E-state index in [0.29, 0.717) is 12.0 Å². The lowest BCUT2D eigenvalue weighted by molar-refractivity contribution is -0.114. The molecule has 1 radical (unpaired) electrons. The summed E-state index contributed by atoms with van der Waals surface area (Å²) in [7, 11) is 0. The number of hydrogen-bond acceptors (Lipinski definition) is 2. The fourth-order valence-electron chi connectivity index (χ4n) is 0.481. The third-order valence-corrected chi connectivity index (χ3v) is 0.971. The number of aliphatic imine (C=N–C) groups is 1. The van der Waals surface area contributed by atoms with Crippen molar-refractivity contribution in [2.24, 2.45) is 4.99 Å². The molecule has 0 aromatic carbocycles. The molecule has 0 aromatic rings. The van der Waals surface area contributed by atoms with Crippen LogP contribution in [0.15, 0.2) is 16.8 Å². The molecule has 1 aliphatic heterocycles. The fraction of sp³-hybridized carbons (Fsp3) is 0.167. The molecular formula is C6H6NO. The number of allylic oxidation sites excluding steroid dienone is 1. The molecule has 0 atom stereocenters. The smallest absolute Gasteiger partial charge is 0.165 e. The van der Waals surface area contributed by atoms with Gasteiger partial charge in [-0.1, -0.05) is 0 Å². The summed E-state index contributed by atoms with van der Waals surface area (Å²) in [5, 5.41) is 0. The van der Waals surface area contributed by atoms with Crippen LogP contribution in [-0.2, 0) is 4.79 Å². The van der Waals surface area contributed by atoms with Gasteiger partial charge in [0.1, 0.15) is 0 Å². The molecule has 0 spiro atoms. The molecule has 41 valence electrons. The van der Waals surface area contributed by atoms with Crippen molar-refractivity contribution in [3.8, 4) is 0 Å². The summed E-state index contributed by atoms with van der Waals surface area (Å²) in [5.41, 5.74) is 0.507. The van der Waals surface area contributed by atoms with Crippen LogP contribution < -0.4 is 0 Å². The minimum Gasteiger partial charge on any atom is -0.294 e. The van der Waals surface area contributed by atoms with Gasteiger partial charge in [0.2, 0.25) is 0 Å². The highest BCUT2D eigenvalue weighted by molar-refractivity contribution is 6.05. The second kappa shape index (κ2) is 1.90. The third kappa shape index (κ3) is 0.832. The lowest BCUT2D eigenvalue weighted by atomic mass is 10.1. The first-order chi connectivity index (χ1) is 3.80. The molecule has 0 bridgehead atoms. The average Bonchev–Trinajstić information content (AvgIpc) is 1.77. The van der Waals surface area contributed by atoms with Crippen molar-refractivity contribution in [2.75, 3.05) is 0 Å². The number of ketones is 1. The van der Waals surface area contributed by atoms with Gasteiger partial charge in [-0.25, -0.2) is 0 Å². The number of nitrogens with zero attached hydrogens (tertiary/aromatic N) is 1. The summed E-state index contributed by atoms with van der Waals surface area (Å²) in [4.78, 5) is 14.3. The maximum absolute atomic E-state index is 10.6. The van der Waals surface area contributed by atoms with Crippen LogP contribution in [0, 0.1) is 6.92 Å². The molecule has 0 saturated carbocycles. The Bertz CT molecular complexity index is 167. The normalized spacial score (nSPS) is 18.6. The molecule has 1 heterocycles. The summed E-state index contributed by atoms with van der Waals surface area (Å²) in [5.74, 6) is 0.0694. The van der Waals surface area contributed by atoms with Crippen molar-refractivity contribution in [1.82, 2.24) is 0 Å². The van der Waals surface area contributed by atoms with Gasteiger partial charge in [0.25, 0.3) is 0 Å². The highest BCUT2D eigenvalue weighted by Gasteiger charge is 2.03. The summed E-state index contributed by atoms with van der Waals surface area (Å²) in [6.07, 6.45) is 3.47. The predicted octanol–water partition coefficient (Wildman–Crippen LogP) is 0.748. The van der Waals surface area contributed by atoms with Crippen LogP contribution in [0.1, 0.15) is 6.42 Å². The van der Waals surface area contributed by atoms with E-state index in [1.807, 2.05) is 0 Å². The van der Waals surface area contributed by atoms with Crippen molar-refractivity contribution in [1.29, 1.82) is 0 Å². The molecule has 0 aliphatic carbocycles. The third-order valence-electron chi connectivity index (χ3n) is 0.971. The zero-order chi connectivity index (χ0) is 5.98. The number of carbonyl (C=O) groups excluding carboxylic acids is 1. The Morgan fingerprint density at radius 3 is 2.88 bits per heavy atom. The van der Waals surface area contributed by atoms with Crippen molar-refractivity contribution in [3.05, 3.63) is 18.7 Å². The van der Waals surface area contributed by atoms with E-state index in [1.54, 1.807) is 6.21 Å². The minimum atomic E-state index is 0.0694. The van der Waals surface area contributed by atoms with E-state index in [-0.39, 0.29) is 5.78 Å². The molecule has 2 nitrogen and oxygen atoms in total. The van der Waals surface area contributed by atoms with E-state index >= 15 is 0 Å². The van der Waals surface area contributed by atoms with E-state index in [4.69, 9.17) is 0 Å². The van der Waals surface area contributed by atoms with Gasteiger partial charge in [-0.15, -0.1) is 0 Å². The van der Waals surface area contributed by atoms with Crippen LogP contribution in [-0.4, -0.2) is 12.0 Å². The zero-order valence-electron chi connectivity index (χ0n) is 4.42. The van der Waals surface area contributed by atoms with Crippen molar-refractivity contribution in [3.63, 3.8) is 0 Å². The molecular weight excluding hydrogens is 102 g/mol. The first-order valence-electron chi connectivity index (χ1n) is 2.37. The Morgan fingerprint density at radius 1 is 1.75 bits per heavy atom. The van der Waals surface area contributed by atoms with Crippen molar-refractivity contribution in [2.45, 2.75) is 6.42 Å². The molecule has 0 aromatic heterocycles. The molecule has 1 rings (SSSR count). The molecule has 8 heavy (non-hydrogen) atoms. The number of hydrogen-bond donors (Lipinski definition) is 0. The Balaban J connectivity index is 2.80. The molecule has 0 amide bonds. The lowest BCUT2D eigenvalue weighted by Crippen LogP contribution is -2.02. The van der Waals surface area contributed by atoms with Gasteiger partial charge in [-0.2, -0.15) is 0 Å². The van der Waals surface area contributed by atoms with Crippen molar-refractivity contribution < 1.29 is 4.79 Å². The number of carbonyl (C=O) groups is 1. The standard InChI is InChI=1S/C6H6NO/c1-5-4-7-3-2-6(5)8/h3-4H,1-2H2. The van der Waals surface area contributed by atoms with Crippen LogP contribution in [0.25, 0.3) is 0 Å². The summed E-state index contributed by atoms with van der Waals surface area (Å²) >= 11 is 0. The monoisotopic (exact) mass is 108 g/mol. The lowest BCUT2D eigenvalue weighted by Gasteiger charge is -1.97. The molecule has 2 heteroatoms. The maximum atomic E-state index is 10.6. The molecule has 0 N–H and O–H groups in total. The second-order valence-corrected chi connectivity index (χ2v) is 1.61. The predicted molar refractivity (Wildman–Crippen MR) is 31.6 cm³/mol. The topological polar surface area (TPSA) is 29.4 Å². The van der Waals surface area contributed by atoms with E-state index in [0.717, 1.165) is 0 Å². The van der Waals surface area contributed by atoms with E-state index in [1.165, 1.54) is 6.20 Å². The quantitative estimate of drug-likeness (QED) is 0.450. The van der Waals surface area contributed by atoms with Gasteiger partial charge in [0.15, 0.2) is 5.78 Å². The molecule has 1 aliphatic rings. The minimum absolute atomic E-state index is 0.0694. The summed E-state index contributed by atoms with van der Waals surface area (Å²) < 4.78 is 0. The maximum Gasteiger partial charge on any atom is 0.165 e. The molecule has 0 saturated heterocycles. The van der Waals surface area contributed by atoms with Crippen LogP contribution in [0.4, 0.5) is 0 Å². The van der Waals surface area contributed by atoms with E-state index in [9.17, 15) is 4.79 Å². The summed E-state index contributed by atoms with van der Waals surface area (Å²) in [6, 6.07) is 0. The van der Waals surface area contributed by atoms with Gasteiger partial charge in [0, 0.05) is 24.4 Å². The molecule has 0 fully saturated rings. The largest absolute Gasteiger partial charge is 0.294 e. The zero-order valence-corrected chi connectivity index (χ0v) is 4.42. The van der Waals surface area contributed by atoms with E-state index in [2.05, 4.69) is 11.9 Å². The van der Waals surface area contributed by atoms with Crippen LogP contribution >= 0.6 is 0 Å². The Kier molecular flexibility index (Phi) is 1.24. The van der Waals surface area contributed by atoms with Crippen LogP contribution in [0.5, 0.6) is 0 Å². The number of Topliss-reactive ketones (excluding diaryl/α,β-unsaturated/α-hetero) is 1.